The summed E-state index contributed by atoms with van der Waals surface area (Å²) in [6.07, 6.45) is 4.50. The van der Waals surface area contributed by atoms with Gasteiger partial charge in [-0.1, -0.05) is 19.3 Å². The van der Waals surface area contributed by atoms with E-state index in [1.165, 1.54) is 19.3 Å². The number of aliphatic hydroxyl groups excluding tert-OH is 2. The Morgan fingerprint density at radius 2 is 1.36 bits per heavy atom. The highest BCUT2D eigenvalue weighted by Gasteiger charge is 1.95. The molecular weight excluding hydrogens is 144 g/mol. The van der Waals surface area contributed by atoms with Crippen molar-refractivity contribution >= 4 is 0 Å². The highest BCUT2D eigenvalue weighted by Crippen LogP contribution is 2.14. The molecule has 0 spiro atoms. The van der Waals surface area contributed by atoms with E-state index in [4.69, 9.17) is 10.2 Å². The molecule has 1 fully saturated rings. The average Bonchev–Trinajstić information content (AvgIpc) is 2.90. The van der Waals surface area contributed by atoms with Crippen LogP contribution in [-0.4, -0.2) is 37.1 Å². The largest absolute Gasteiger partial charge is 0.394 e. The van der Waals surface area contributed by atoms with Gasteiger partial charge in [-0.3, -0.25) is 0 Å². The van der Waals surface area contributed by atoms with E-state index in [1.807, 2.05) is 6.92 Å². The smallest absolute Gasteiger partial charge is 0.0662 e. The Kier molecular flexibility index (Phi) is 20.2. The molecule has 0 heterocycles. The summed E-state index contributed by atoms with van der Waals surface area (Å²) in [5.74, 6) is 0. The minimum atomic E-state index is -0.125. The molecule has 3 nitrogen and oxygen atoms in total. The van der Waals surface area contributed by atoms with E-state index >= 15 is 0 Å². The molecule has 11 heavy (non-hydrogen) atoms. The SMILES string of the molecule is C1CC1.CCOC.OCCO. The van der Waals surface area contributed by atoms with Crippen molar-refractivity contribution in [2.75, 3.05) is 26.9 Å². The molecule has 1 aliphatic carbocycles. The third kappa shape index (κ3) is 74.0. The Balaban J connectivity index is 0. The summed E-state index contributed by atoms with van der Waals surface area (Å²) < 4.78 is 4.54. The zero-order valence-electron chi connectivity index (χ0n) is 7.55. The Morgan fingerprint density at radius 3 is 1.36 bits per heavy atom. The second-order valence-electron chi connectivity index (χ2n) is 2.09. The molecule has 0 aromatic carbocycles. The van der Waals surface area contributed by atoms with E-state index in [9.17, 15) is 0 Å². The number of hydrogen-bond donors (Lipinski definition) is 2. The maximum Gasteiger partial charge on any atom is 0.0662 e. The molecule has 1 aliphatic rings. The van der Waals surface area contributed by atoms with Crippen molar-refractivity contribution in [3.63, 3.8) is 0 Å². The third-order valence-electron chi connectivity index (χ3n) is 0.742. The predicted octanol–water partition coefficient (Wildman–Crippen LogP) is 0.794. The summed E-state index contributed by atoms with van der Waals surface area (Å²) in [6, 6.07) is 0. The van der Waals surface area contributed by atoms with Gasteiger partial charge in [0.25, 0.3) is 0 Å². The molecule has 0 saturated heterocycles. The van der Waals surface area contributed by atoms with Crippen LogP contribution in [0.5, 0.6) is 0 Å². The summed E-state index contributed by atoms with van der Waals surface area (Å²) in [4.78, 5) is 0. The lowest BCUT2D eigenvalue weighted by molar-refractivity contribution is 0.186. The van der Waals surface area contributed by atoms with Crippen LogP contribution in [0.1, 0.15) is 26.2 Å². The number of aliphatic hydroxyl groups is 2. The van der Waals surface area contributed by atoms with Crippen LogP contribution >= 0.6 is 0 Å². The van der Waals surface area contributed by atoms with Gasteiger partial charge in [0.1, 0.15) is 0 Å². The van der Waals surface area contributed by atoms with Crippen molar-refractivity contribution in [2.24, 2.45) is 0 Å². The fraction of sp³-hybridized carbons (Fsp3) is 1.00. The van der Waals surface area contributed by atoms with Crippen molar-refractivity contribution in [2.45, 2.75) is 26.2 Å². The molecule has 2 N–H and O–H groups in total. The van der Waals surface area contributed by atoms with E-state index in [0.29, 0.717) is 0 Å². The van der Waals surface area contributed by atoms with Crippen LogP contribution in [0.4, 0.5) is 0 Å². The molecule has 3 heteroatoms. The zero-order chi connectivity index (χ0) is 8.95. The molecule has 1 rings (SSSR count). The Morgan fingerprint density at radius 1 is 1.09 bits per heavy atom. The maximum atomic E-state index is 7.62. The van der Waals surface area contributed by atoms with Crippen LogP contribution in [0.25, 0.3) is 0 Å². The van der Waals surface area contributed by atoms with E-state index in [0.717, 1.165) is 6.61 Å². The molecule has 0 unspecified atom stereocenters. The monoisotopic (exact) mass is 164 g/mol. The second-order valence-corrected chi connectivity index (χ2v) is 2.09. The molecular formula is C8H20O3. The van der Waals surface area contributed by atoms with Crippen molar-refractivity contribution in [3.8, 4) is 0 Å². The van der Waals surface area contributed by atoms with Gasteiger partial charge in [-0.05, 0) is 6.92 Å². The van der Waals surface area contributed by atoms with Gasteiger partial charge in [-0.25, -0.2) is 0 Å². The lowest BCUT2D eigenvalue weighted by Crippen LogP contribution is -1.85. The van der Waals surface area contributed by atoms with Crippen LogP contribution in [0, 0.1) is 0 Å². The van der Waals surface area contributed by atoms with Crippen molar-refractivity contribution in [1.29, 1.82) is 0 Å². The first-order chi connectivity index (χ1) is 5.33. The van der Waals surface area contributed by atoms with E-state index in [1.54, 1.807) is 7.11 Å². The Bertz CT molecular complexity index is 35.8. The molecule has 0 radical (unpaired) electrons. The first kappa shape index (κ1) is 13.5. The van der Waals surface area contributed by atoms with E-state index < -0.39 is 0 Å². The Labute approximate surface area is 69.0 Å². The third-order valence-corrected chi connectivity index (χ3v) is 0.742. The summed E-state index contributed by atoms with van der Waals surface area (Å²) in [6.45, 7) is 2.53. The number of rotatable bonds is 2. The van der Waals surface area contributed by atoms with E-state index in [2.05, 4.69) is 4.74 Å². The molecule has 0 aromatic rings. The molecule has 0 atom stereocenters. The van der Waals surface area contributed by atoms with Gasteiger partial charge in [0, 0.05) is 13.7 Å². The molecule has 0 aromatic heterocycles. The highest BCUT2D eigenvalue weighted by molar-refractivity contribution is 4.50. The summed E-state index contributed by atoms with van der Waals surface area (Å²) in [7, 11) is 1.68. The van der Waals surface area contributed by atoms with Gasteiger partial charge in [0.2, 0.25) is 0 Å². The number of hydrogen-bond acceptors (Lipinski definition) is 3. The fourth-order valence-corrected chi connectivity index (χ4v) is 0. The molecule has 70 valence electrons. The maximum absolute atomic E-state index is 7.62. The number of methoxy groups -OCH3 is 1. The van der Waals surface area contributed by atoms with Crippen molar-refractivity contribution < 1.29 is 14.9 Å². The molecule has 0 amide bonds. The topological polar surface area (TPSA) is 49.7 Å². The van der Waals surface area contributed by atoms with Crippen LogP contribution < -0.4 is 0 Å². The molecule has 0 aliphatic heterocycles. The van der Waals surface area contributed by atoms with Crippen molar-refractivity contribution in [1.82, 2.24) is 0 Å². The lowest BCUT2D eigenvalue weighted by Gasteiger charge is -1.76. The summed E-state index contributed by atoms with van der Waals surface area (Å²) in [5.41, 5.74) is 0. The fourth-order valence-electron chi connectivity index (χ4n) is 0. The standard InChI is InChI=1S/C3H8O.C3H6.C2H6O2/c1-3-4-2;1-2-3-1;3-1-2-4/h3H2,1-2H3;1-3H2;3-4H,1-2H2. The van der Waals surface area contributed by atoms with Gasteiger partial charge in [-0.15, -0.1) is 0 Å². The van der Waals surface area contributed by atoms with Gasteiger partial charge in [0.15, 0.2) is 0 Å². The summed E-state index contributed by atoms with van der Waals surface area (Å²) >= 11 is 0. The first-order valence-corrected chi connectivity index (χ1v) is 4.04. The average molecular weight is 164 g/mol. The van der Waals surface area contributed by atoms with Gasteiger partial charge in [-0.2, -0.15) is 0 Å². The van der Waals surface area contributed by atoms with E-state index in [-0.39, 0.29) is 13.2 Å². The zero-order valence-corrected chi connectivity index (χ0v) is 7.55. The van der Waals surface area contributed by atoms with Crippen LogP contribution in [-0.2, 0) is 4.74 Å². The molecule has 0 bridgehead atoms. The Hall–Kier alpha value is -0.120. The summed E-state index contributed by atoms with van der Waals surface area (Å²) in [5, 5.41) is 15.2. The highest BCUT2D eigenvalue weighted by atomic mass is 16.5. The quantitative estimate of drug-likeness (QED) is 0.634. The first-order valence-electron chi connectivity index (χ1n) is 4.04. The normalized spacial score (nSPS) is 12.0. The van der Waals surface area contributed by atoms with Gasteiger partial charge < -0.3 is 14.9 Å². The molecule has 1 saturated carbocycles. The van der Waals surface area contributed by atoms with Crippen LogP contribution in [0.3, 0.4) is 0 Å². The van der Waals surface area contributed by atoms with Crippen molar-refractivity contribution in [3.05, 3.63) is 0 Å². The van der Waals surface area contributed by atoms with Gasteiger partial charge >= 0.3 is 0 Å². The lowest BCUT2D eigenvalue weighted by atomic mass is 10.8. The minimum absolute atomic E-state index is 0.125. The van der Waals surface area contributed by atoms with Crippen LogP contribution in [0.2, 0.25) is 0 Å². The second kappa shape index (κ2) is 16.5. The van der Waals surface area contributed by atoms with Crippen LogP contribution in [0.15, 0.2) is 0 Å². The predicted molar refractivity (Wildman–Crippen MR) is 45.6 cm³/mol. The minimum Gasteiger partial charge on any atom is -0.394 e. The number of ether oxygens (including phenoxy) is 1. The van der Waals surface area contributed by atoms with Gasteiger partial charge in [0.05, 0.1) is 13.2 Å².